The lowest BCUT2D eigenvalue weighted by Crippen LogP contribution is -2.31. The molecule has 134 valence electrons. The number of aromatic nitrogens is 2. The van der Waals surface area contributed by atoms with E-state index in [1.165, 1.54) is 4.68 Å². The Kier molecular flexibility index (Phi) is 5.17. The Morgan fingerprint density at radius 1 is 1.08 bits per heavy atom. The van der Waals surface area contributed by atoms with Gasteiger partial charge in [0.25, 0.3) is 11.1 Å². The number of ether oxygens (including phenoxy) is 1. The Morgan fingerprint density at radius 3 is 2.54 bits per heavy atom. The zero-order valence-electron chi connectivity index (χ0n) is 14.3. The zero-order chi connectivity index (χ0) is 18.5. The van der Waals surface area contributed by atoms with Crippen molar-refractivity contribution < 1.29 is 9.53 Å². The first-order valence-corrected chi connectivity index (χ1v) is 8.33. The van der Waals surface area contributed by atoms with Gasteiger partial charge in [-0.1, -0.05) is 24.3 Å². The maximum atomic E-state index is 12.4. The van der Waals surface area contributed by atoms with E-state index in [2.05, 4.69) is 10.4 Å². The van der Waals surface area contributed by atoms with Gasteiger partial charge in [0, 0.05) is 6.42 Å². The Morgan fingerprint density at radius 2 is 1.77 bits per heavy atom. The number of aryl methyl sites for hydroxylation is 1. The van der Waals surface area contributed by atoms with Crippen LogP contribution in [0.3, 0.4) is 0 Å². The highest BCUT2D eigenvalue weighted by atomic mass is 16.5. The molecule has 26 heavy (non-hydrogen) atoms. The van der Waals surface area contributed by atoms with Gasteiger partial charge in [-0.15, -0.1) is 0 Å². The molecule has 2 aromatic carbocycles. The Balaban J connectivity index is 1.75. The predicted molar refractivity (Wildman–Crippen MR) is 99.7 cm³/mol. The van der Waals surface area contributed by atoms with Gasteiger partial charge >= 0.3 is 0 Å². The summed E-state index contributed by atoms with van der Waals surface area (Å²) in [7, 11) is 0. The highest BCUT2D eigenvalue weighted by molar-refractivity contribution is 5.92. The quantitative estimate of drug-likeness (QED) is 0.710. The molecule has 0 unspecified atom stereocenters. The van der Waals surface area contributed by atoms with Gasteiger partial charge in [-0.25, -0.2) is 4.68 Å². The minimum Gasteiger partial charge on any atom is -0.492 e. The topological polar surface area (TPSA) is 93.2 Å². The summed E-state index contributed by atoms with van der Waals surface area (Å²) in [6.07, 6.45) is 0.0364. The lowest BCUT2D eigenvalue weighted by Gasteiger charge is -2.11. The number of benzene rings is 2. The van der Waals surface area contributed by atoms with Gasteiger partial charge in [0.05, 0.1) is 29.6 Å². The monoisotopic (exact) mass is 353 g/mol. The molecule has 0 bridgehead atoms. The van der Waals surface area contributed by atoms with Gasteiger partial charge in [0.1, 0.15) is 5.75 Å². The molecule has 1 aromatic heterocycles. The molecule has 7 heteroatoms. The number of hydrogen-bond acceptors (Lipinski definition) is 4. The van der Waals surface area contributed by atoms with E-state index in [0.717, 1.165) is 0 Å². The molecule has 1 heterocycles. The van der Waals surface area contributed by atoms with Gasteiger partial charge in [-0.2, -0.15) is 0 Å². The summed E-state index contributed by atoms with van der Waals surface area (Å²) in [5, 5.41) is 5.95. The largest absolute Gasteiger partial charge is 0.492 e. The van der Waals surface area contributed by atoms with Crippen LogP contribution in [0.2, 0.25) is 0 Å². The molecule has 0 aliphatic carbocycles. The van der Waals surface area contributed by atoms with Crippen molar-refractivity contribution >= 4 is 22.4 Å². The third-order valence-corrected chi connectivity index (χ3v) is 3.91. The highest BCUT2D eigenvalue weighted by Crippen LogP contribution is 2.23. The van der Waals surface area contributed by atoms with Gasteiger partial charge < -0.3 is 10.1 Å². The van der Waals surface area contributed by atoms with Crippen molar-refractivity contribution in [3.63, 3.8) is 0 Å². The lowest BCUT2D eigenvalue weighted by molar-refractivity contribution is -0.116. The SMILES string of the molecule is CCOc1ccccc1NC(=O)CCn1[nH]c(=O)c2ccccc2c1=O. The second-order valence-corrected chi connectivity index (χ2v) is 5.67. The third-order valence-electron chi connectivity index (χ3n) is 3.91. The van der Waals surface area contributed by atoms with Gasteiger partial charge in [-0.05, 0) is 31.2 Å². The van der Waals surface area contributed by atoms with E-state index >= 15 is 0 Å². The van der Waals surface area contributed by atoms with Crippen molar-refractivity contribution in [1.29, 1.82) is 0 Å². The molecule has 2 N–H and O–H groups in total. The summed E-state index contributed by atoms with van der Waals surface area (Å²) in [5.41, 5.74) is -0.122. The number of fused-ring (bicyclic) bond motifs is 1. The lowest BCUT2D eigenvalue weighted by atomic mass is 10.2. The van der Waals surface area contributed by atoms with E-state index in [-0.39, 0.29) is 30.0 Å². The average Bonchev–Trinajstić information content (AvgIpc) is 2.65. The number of hydrogen-bond donors (Lipinski definition) is 2. The fourth-order valence-corrected chi connectivity index (χ4v) is 2.68. The van der Waals surface area contributed by atoms with E-state index in [0.29, 0.717) is 28.8 Å². The highest BCUT2D eigenvalue weighted by Gasteiger charge is 2.10. The normalized spacial score (nSPS) is 10.7. The molecule has 1 amide bonds. The van der Waals surface area contributed by atoms with Crippen LogP contribution in [-0.2, 0) is 11.3 Å². The molecule has 0 radical (unpaired) electrons. The Bertz CT molecular complexity index is 1050. The molecular formula is C19H19N3O4. The van der Waals surface area contributed by atoms with Crippen LogP contribution in [-0.4, -0.2) is 22.3 Å². The fourth-order valence-electron chi connectivity index (χ4n) is 2.68. The summed E-state index contributed by atoms with van der Waals surface area (Å²) in [5.74, 6) is 0.303. The first-order chi connectivity index (χ1) is 12.6. The van der Waals surface area contributed by atoms with Crippen molar-refractivity contribution in [3.05, 3.63) is 69.2 Å². The first-order valence-electron chi connectivity index (χ1n) is 8.33. The van der Waals surface area contributed by atoms with E-state index in [4.69, 9.17) is 4.74 Å². The Hall–Kier alpha value is -3.35. The smallest absolute Gasteiger partial charge is 0.273 e. The van der Waals surface area contributed by atoms with E-state index in [1.54, 1.807) is 42.5 Å². The molecule has 0 atom stereocenters. The minimum absolute atomic E-state index is 0.0364. The maximum absolute atomic E-state index is 12.4. The summed E-state index contributed by atoms with van der Waals surface area (Å²) in [6, 6.07) is 13.7. The molecular weight excluding hydrogens is 334 g/mol. The van der Waals surface area contributed by atoms with Crippen molar-refractivity contribution in [2.75, 3.05) is 11.9 Å². The number of carbonyl (C=O) groups is 1. The molecule has 0 fully saturated rings. The summed E-state index contributed by atoms with van der Waals surface area (Å²) >= 11 is 0. The number of para-hydroxylation sites is 2. The minimum atomic E-state index is -0.359. The number of anilines is 1. The predicted octanol–water partition coefficient (Wildman–Crippen LogP) is 2.12. The number of rotatable bonds is 6. The van der Waals surface area contributed by atoms with Crippen LogP contribution < -0.4 is 21.2 Å². The molecule has 3 rings (SSSR count). The van der Waals surface area contributed by atoms with Crippen LogP contribution in [0.15, 0.2) is 58.1 Å². The average molecular weight is 353 g/mol. The summed E-state index contributed by atoms with van der Waals surface area (Å²) in [4.78, 5) is 36.7. The van der Waals surface area contributed by atoms with Gasteiger partial charge in [-0.3, -0.25) is 19.5 Å². The number of amides is 1. The van der Waals surface area contributed by atoms with Crippen LogP contribution in [0.25, 0.3) is 10.8 Å². The number of nitrogens with zero attached hydrogens (tertiary/aromatic N) is 1. The standard InChI is InChI=1S/C19H19N3O4/c1-2-26-16-10-6-5-9-15(16)20-17(23)11-12-22-19(25)14-8-4-3-7-13(14)18(24)21-22/h3-10H,2,11-12H2,1H3,(H,20,23)(H,21,24). The maximum Gasteiger partial charge on any atom is 0.273 e. The summed E-state index contributed by atoms with van der Waals surface area (Å²) < 4.78 is 6.63. The van der Waals surface area contributed by atoms with Crippen LogP contribution in [0.5, 0.6) is 5.75 Å². The van der Waals surface area contributed by atoms with E-state index in [9.17, 15) is 14.4 Å². The van der Waals surface area contributed by atoms with Crippen molar-refractivity contribution in [2.45, 2.75) is 19.9 Å². The number of carbonyl (C=O) groups excluding carboxylic acids is 1. The second-order valence-electron chi connectivity index (χ2n) is 5.67. The summed E-state index contributed by atoms with van der Waals surface area (Å²) in [6.45, 7) is 2.42. The van der Waals surface area contributed by atoms with Crippen molar-refractivity contribution in [1.82, 2.24) is 9.78 Å². The zero-order valence-corrected chi connectivity index (χ0v) is 14.3. The second kappa shape index (κ2) is 7.69. The van der Waals surface area contributed by atoms with Crippen LogP contribution in [0.1, 0.15) is 13.3 Å². The van der Waals surface area contributed by atoms with Crippen LogP contribution in [0, 0.1) is 0 Å². The first kappa shape index (κ1) is 17.5. The molecule has 0 aliphatic heterocycles. The van der Waals surface area contributed by atoms with Crippen LogP contribution >= 0.6 is 0 Å². The molecule has 3 aromatic rings. The van der Waals surface area contributed by atoms with Gasteiger partial charge in [0.15, 0.2) is 0 Å². The molecule has 0 spiro atoms. The Labute approximate surface area is 149 Å². The van der Waals surface area contributed by atoms with E-state index in [1.807, 2.05) is 13.0 Å². The molecule has 0 aliphatic rings. The van der Waals surface area contributed by atoms with Crippen molar-refractivity contribution in [3.8, 4) is 5.75 Å². The third kappa shape index (κ3) is 3.66. The number of nitrogens with one attached hydrogen (secondary N) is 2. The molecule has 0 saturated heterocycles. The van der Waals surface area contributed by atoms with E-state index < -0.39 is 0 Å². The van der Waals surface area contributed by atoms with Gasteiger partial charge in [0.2, 0.25) is 5.91 Å². The van der Waals surface area contributed by atoms with Crippen molar-refractivity contribution in [2.24, 2.45) is 0 Å². The number of H-pyrrole nitrogens is 1. The molecule has 7 nitrogen and oxygen atoms in total. The van der Waals surface area contributed by atoms with Crippen LogP contribution in [0.4, 0.5) is 5.69 Å². The molecule has 0 saturated carbocycles. The number of aromatic amines is 1. The fraction of sp³-hybridized carbons (Fsp3) is 0.211.